The van der Waals surface area contributed by atoms with Crippen LogP contribution in [0, 0.1) is 22.2 Å². The molecule has 1 aliphatic heterocycles. The van der Waals surface area contributed by atoms with E-state index in [9.17, 15) is 14.7 Å². The number of likely N-dealkylation sites (tertiary alicyclic amines) is 1. The molecule has 1 saturated heterocycles. The molecule has 0 aromatic carbocycles. The number of nitrogens with zero attached hydrogens (tertiary/aromatic N) is 2. The fourth-order valence-corrected chi connectivity index (χ4v) is 2.56. The summed E-state index contributed by atoms with van der Waals surface area (Å²) in [5, 5.41) is 21.4. The monoisotopic (exact) mass is 293 g/mol. The molecule has 2 atom stereocenters. The molecule has 2 fully saturated rings. The molecule has 1 heterocycles. The summed E-state index contributed by atoms with van der Waals surface area (Å²) < 4.78 is 0. The quantitative estimate of drug-likeness (QED) is 0.788. The Kier molecular flexibility index (Phi) is 3.98. The maximum absolute atomic E-state index is 12.6. The van der Waals surface area contributed by atoms with E-state index in [1.54, 1.807) is 4.90 Å². The first-order chi connectivity index (χ1) is 9.69. The Morgan fingerprint density at radius 3 is 2.43 bits per heavy atom. The second-order valence-corrected chi connectivity index (χ2v) is 7.19. The van der Waals surface area contributed by atoms with Crippen LogP contribution >= 0.6 is 0 Å². The lowest BCUT2D eigenvalue weighted by Gasteiger charge is -2.33. The number of aliphatic hydroxyl groups excluding tert-OH is 1. The molecule has 116 valence electrons. The number of nitrogens with one attached hydrogen (secondary N) is 1. The molecule has 2 aliphatic rings. The molecule has 0 aromatic heterocycles. The molecule has 1 unspecified atom stereocenters. The molecule has 0 bridgehead atoms. The van der Waals surface area contributed by atoms with Crippen LogP contribution in [0.15, 0.2) is 0 Å². The number of amides is 2. The number of hydrogen-bond donors (Lipinski definition) is 2. The van der Waals surface area contributed by atoms with Crippen molar-refractivity contribution in [1.29, 1.82) is 5.26 Å². The highest BCUT2D eigenvalue weighted by Crippen LogP contribution is 2.45. The molecule has 0 spiro atoms. The first-order valence-corrected chi connectivity index (χ1v) is 7.39. The summed E-state index contributed by atoms with van der Waals surface area (Å²) in [6.45, 7) is 6.47. The minimum atomic E-state index is -0.936. The van der Waals surface area contributed by atoms with Crippen molar-refractivity contribution in [2.24, 2.45) is 10.8 Å². The number of rotatable bonds is 3. The maximum atomic E-state index is 12.6. The second-order valence-electron chi connectivity index (χ2n) is 7.19. The largest absolute Gasteiger partial charge is 0.391 e. The summed E-state index contributed by atoms with van der Waals surface area (Å²) in [6.07, 6.45) is 1.20. The van der Waals surface area contributed by atoms with E-state index < -0.39 is 23.0 Å². The van der Waals surface area contributed by atoms with E-state index in [1.807, 2.05) is 26.8 Å². The second kappa shape index (κ2) is 5.30. The van der Waals surface area contributed by atoms with Gasteiger partial charge in [0, 0.05) is 13.1 Å². The Balaban J connectivity index is 2.10. The number of hydrogen-bond acceptors (Lipinski definition) is 4. The van der Waals surface area contributed by atoms with Crippen molar-refractivity contribution in [2.75, 3.05) is 13.1 Å². The van der Waals surface area contributed by atoms with Gasteiger partial charge in [0.1, 0.15) is 11.5 Å². The molecule has 2 rings (SSSR count). The van der Waals surface area contributed by atoms with Gasteiger partial charge in [-0.15, -0.1) is 0 Å². The van der Waals surface area contributed by atoms with Crippen LogP contribution in [0.5, 0.6) is 0 Å². The number of carbonyl (C=O) groups is 2. The topological polar surface area (TPSA) is 93.4 Å². The standard InChI is InChI=1S/C15H23N3O3/c1-14(2,3)11(12(20)18-7-4-10(19)8-18)17-13(21)15(9-16)5-6-15/h10-11,19H,4-8H2,1-3H3,(H,17,21)/t10-,11?/m1/s1. The Morgan fingerprint density at radius 2 is 2.05 bits per heavy atom. The molecule has 6 nitrogen and oxygen atoms in total. The Morgan fingerprint density at radius 1 is 1.43 bits per heavy atom. The third kappa shape index (κ3) is 3.18. The average Bonchev–Trinajstić information content (AvgIpc) is 3.09. The van der Waals surface area contributed by atoms with Crippen LogP contribution in [0.1, 0.15) is 40.0 Å². The van der Waals surface area contributed by atoms with E-state index in [0.29, 0.717) is 32.4 Å². The van der Waals surface area contributed by atoms with Gasteiger partial charge in [0.2, 0.25) is 11.8 Å². The van der Waals surface area contributed by atoms with Gasteiger partial charge < -0.3 is 15.3 Å². The Labute approximate surface area is 125 Å². The number of β-amino-alcohol motifs (C(OH)–C–C–N with tert-alkyl or cyclic N) is 1. The van der Waals surface area contributed by atoms with Crippen molar-refractivity contribution in [3.8, 4) is 6.07 Å². The van der Waals surface area contributed by atoms with E-state index in [1.165, 1.54) is 0 Å². The van der Waals surface area contributed by atoms with Crippen molar-refractivity contribution in [3.63, 3.8) is 0 Å². The SMILES string of the molecule is CC(C)(C)C(NC(=O)C1(C#N)CC1)C(=O)N1CC[C@@H](O)C1. The van der Waals surface area contributed by atoms with Gasteiger partial charge in [-0.1, -0.05) is 20.8 Å². The van der Waals surface area contributed by atoms with E-state index in [2.05, 4.69) is 5.32 Å². The molecule has 0 aromatic rings. The lowest BCUT2D eigenvalue weighted by atomic mass is 9.85. The average molecular weight is 293 g/mol. The first-order valence-electron chi connectivity index (χ1n) is 7.39. The third-order valence-electron chi connectivity index (χ3n) is 4.26. The van der Waals surface area contributed by atoms with E-state index in [-0.39, 0.29) is 11.8 Å². The lowest BCUT2D eigenvalue weighted by Crippen LogP contribution is -2.55. The Hall–Kier alpha value is -1.61. The van der Waals surface area contributed by atoms with Gasteiger partial charge in [-0.2, -0.15) is 5.26 Å². The van der Waals surface area contributed by atoms with Crippen molar-refractivity contribution >= 4 is 11.8 Å². The summed E-state index contributed by atoms with van der Waals surface area (Å²) in [6, 6.07) is 1.37. The number of nitriles is 1. The molecule has 1 aliphatic carbocycles. The van der Waals surface area contributed by atoms with Crippen molar-refractivity contribution in [3.05, 3.63) is 0 Å². The number of carbonyl (C=O) groups excluding carboxylic acids is 2. The van der Waals surface area contributed by atoms with Crippen molar-refractivity contribution in [2.45, 2.75) is 52.2 Å². The van der Waals surface area contributed by atoms with Gasteiger partial charge in [0.25, 0.3) is 0 Å². The maximum Gasteiger partial charge on any atom is 0.245 e. The van der Waals surface area contributed by atoms with Crippen LogP contribution in [0.2, 0.25) is 0 Å². The van der Waals surface area contributed by atoms with Gasteiger partial charge in [-0.3, -0.25) is 9.59 Å². The predicted octanol–water partition coefficient (Wildman–Crippen LogP) is 0.414. The van der Waals surface area contributed by atoms with Crippen LogP contribution < -0.4 is 5.32 Å². The van der Waals surface area contributed by atoms with Gasteiger partial charge in [-0.05, 0) is 24.7 Å². The molecule has 0 radical (unpaired) electrons. The molecule has 1 saturated carbocycles. The summed E-state index contributed by atoms with van der Waals surface area (Å²) in [4.78, 5) is 26.5. The minimum Gasteiger partial charge on any atom is -0.391 e. The predicted molar refractivity (Wildman–Crippen MR) is 75.9 cm³/mol. The van der Waals surface area contributed by atoms with Crippen molar-refractivity contribution in [1.82, 2.24) is 10.2 Å². The highest BCUT2D eigenvalue weighted by molar-refractivity contribution is 5.93. The number of aliphatic hydroxyl groups is 1. The minimum absolute atomic E-state index is 0.180. The lowest BCUT2D eigenvalue weighted by molar-refractivity contribution is -0.139. The molecule has 2 N–H and O–H groups in total. The van der Waals surface area contributed by atoms with Crippen LogP contribution in [0.3, 0.4) is 0 Å². The summed E-state index contributed by atoms with van der Waals surface area (Å²) in [7, 11) is 0. The molecule has 21 heavy (non-hydrogen) atoms. The van der Waals surface area contributed by atoms with E-state index in [4.69, 9.17) is 5.26 Å². The molecule has 2 amide bonds. The molecular weight excluding hydrogens is 270 g/mol. The fraction of sp³-hybridized carbons (Fsp3) is 0.800. The fourth-order valence-electron chi connectivity index (χ4n) is 2.56. The normalized spacial score (nSPS) is 25.1. The molecule has 6 heteroatoms. The Bertz CT molecular complexity index is 485. The van der Waals surface area contributed by atoms with E-state index in [0.717, 1.165) is 0 Å². The zero-order valence-electron chi connectivity index (χ0n) is 12.8. The molecular formula is C15H23N3O3. The summed E-state index contributed by atoms with van der Waals surface area (Å²) >= 11 is 0. The van der Waals surface area contributed by atoms with Gasteiger partial charge in [0.15, 0.2) is 0 Å². The van der Waals surface area contributed by atoms with Gasteiger partial charge >= 0.3 is 0 Å². The highest BCUT2D eigenvalue weighted by Gasteiger charge is 2.52. The van der Waals surface area contributed by atoms with Crippen molar-refractivity contribution < 1.29 is 14.7 Å². The van der Waals surface area contributed by atoms with Gasteiger partial charge in [-0.25, -0.2) is 0 Å². The third-order valence-corrected chi connectivity index (χ3v) is 4.26. The zero-order chi connectivity index (χ0) is 15.8. The van der Waals surface area contributed by atoms with Gasteiger partial charge in [0.05, 0.1) is 12.2 Å². The van der Waals surface area contributed by atoms with Crippen LogP contribution in [0.4, 0.5) is 0 Å². The summed E-state index contributed by atoms with van der Waals surface area (Å²) in [5.41, 5.74) is -1.39. The van der Waals surface area contributed by atoms with Crippen LogP contribution in [-0.2, 0) is 9.59 Å². The van der Waals surface area contributed by atoms with Crippen LogP contribution in [0.25, 0.3) is 0 Å². The summed E-state index contributed by atoms with van der Waals surface area (Å²) in [5.74, 6) is -0.529. The van der Waals surface area contributed by atoms with E-state index >= 15 is 0 Å². The zero-order valence-corrected chi connectivity index (χ0v) is 12.8. The first kappa shape index (κ1) is 15.8. The highest BCUT2D eigenvalue weighted by atomic mass is 16.3. The van der Waals surface area contributed by atoms with Crippen LogP contribution in [-0.4, -0.2) is 47.1 Å². The smallest absolute Gasteiger partial charge is 0.245 e.